The average molecular weight is 475 g/mol. The first-order chi connectivity index (χ1) is 16.0. The molecule has 0 aliphatic rings. The van der Waals surface area contributed by atoms with E-state index in [1.165, 1.54) is 16.7 Å². The fourth-order valence-electron chi connectivity index (χ4n) is 4.91. The van der Waals surface area contributed by atoms with Gasteiger partial charge in [0.2, 0.25) is 0 Å². The molecule has 0 amide bonds. The maximum Gasteiger partial charge on any atom is 0.111 e. The summed E-state index contributed by atoms with van der Waals surface area (Å²) in [6.45, 7) is 9.55. The second-order valence-corrected chi connectivity index (χ2v) is 9.96. The maximum atomic E-state index is 11.2. The van der Waals surface area contributed by atoms with E-state index in [4.69, 9.17) is 5.11 Å². The number of aliphatic hydroxyl groups excluding tert-OH is 6. The Kier molecular flexibility index (Phi) is 10.7. The van der Waals surface area contributed by atoms with Crippen LogP contribution in [0.1, 0.15) is 46.7 Å². The molecule has 34 heavy (non-hydrogen) atoms. The number of benzene rings is 2. The third-order valence-corrected chi connectivity index (χ3v) is 7.13. The first-order valence-electron chi connectivity index (χ1n) is 12.1. The van der Waals surface area contributed by atoms with Crippen LogP contribution in [-0.4, -0.2) is 67.8 Å². The number of aryl methyl sites for hydroxylation is 4. The van der Waals surface area contributed by atoms with E-state index in [0.717, 1.165) is 23.1 Å². The van der Waals surface area contributed by atoms with Gasteiger partial charge in [0.1, 0.15) is 24.4 Å². The lowest BCUT2D eigenvalue weighted by Crippen LogP contribution is -2.52. The van der Waals surface area contributed by atoms with Crippen LogP contribution < -0.4 is 0 Å². The number of rotatable bonds is 12. The third-order valence-electron chi connectivity index (χ3n) is 7.13. The van der Waals surface area contributed by atoms with Gasteiger partial charge < -0.3 is 30.6 Å². The highest BCUT2D eigenvalue weighted by Gasteiger charge is 2.38. The zero-order valence-corrected chi connectivity index (χ0v) is 21.0. The standard InChI is InChI=1S/C28H42O6/c1-16(13-22-17(2)8-6-9-18(22)3)12-21(14-23-19(4)10-7-11-20(23)5)25(31)27(33)28(34)26(32)24(30)15-29/h6-11,16,21,24-34H,12-15H2,1-5H3/t16?,21?,24-,25?,26+,27+,28-/m0/s1. The van der Waals surface area contributed by atoms with Crippen molar-refractivity contribution in [1.29, 1.82) is 0 Å². The Bertz CT molecular complexity index is 873. The fraction of sp³-hybridized carbons (Fsp3) is 0.571. The first-order valence-corrected chi connectivity index (χ1v) is 12.1. The Morgan fingerprint density at radius 2 is 1.03 bits per heavy atom. The first kappa shape index (κ1) is 28.4. The van der Waals surface area contributed by atoms with Crippen LogP contribution in [0.4, 0.5) is 0 Å². The van der Waals surface area contributed by atoms with E-state index in [2.05, 4.69) is 32.9 Å². The molecule has 0 saturated carbocycles. The molecule has 6 nitrogen and oxygen atoms in total. The summed E-state index contributed by atoms with van der Waals surface area (Å²) >= 11 is 0. The lowest BCUT2D eigenvalue weighted by atomic mass is 9.79. The highest BCUT2D eigenvalue weighted by molar-refractivity contribution is 5.35. The van der Waals surface area contributed by atoms with Crippen molar-refractivity contribution in [2.24, 2.45) is 11.8 Å². The molecule has 7 atom stereocenters. The summed E-state index contributed by atoms with van der Waals surface area (Å²) in [5.74, 6) is -0.219. The van der Waals surface area contributed by atoms with Crippen molar-refractivity contribution < 1.29 is 30.6 Å². The molecule has 6 heteroatoms. The molecule has 2 aromatic rings. The highest BCUT2D eigenvalue weighted by atomic mass is 16.4. The SMILES string of the molecule is Cc1cccc(C)c1CC(C)CC(Cc1c(C)cccc1C)C(O)[C@@H](O)[C@@H](O)[C@H](O)[C@@H](O)CO. The lowest BCUT2D eigenvalue weighted by Gasteiger charge is -2.34. The molecule has 2 rings (SSSR count). The van der Waals surface area contributed by atoms with Crippen molar-refractivity contribution in [2.75, 3.05) is 6.61 Å². The van der Waals surface area contributed by atoms with Crippen LogP contribution >= 0.6 is 0 Å². The molecule has 0 fully saturated rings. The topological polar surface area (TPSA) is 121 Å². The Balaban J connectivity index is 2.29. The Hall–Kier alpha value is -1.80. The van der Waals surface area contributed by atoms with Crippen molar-refractivity contribution >= 4 is 0 Å². The number of hydrogen-bond donors (Lipinski definition) is 6. The molecule has 3 unspecified atom stereocenters. The molecule has 2 aromatic carbocycles. The summed E-state index contributed by atoms with van der Waals surface area (Å²) in [5, 5.41) is 61.1. The van der Waals surface area contributed by atoms with Gasteiger partial charge in [-0.3, -0.25) is 0 Å². The van der Waals surface area contributed by atoms with Gasteiger partial charge in [0.15, 0.2) is 0 Å². The fourth-order valence-corrected chi connectivity index (χ4v) is 4.91. The largest absolute Gasteiger partial charge is 0.394 e. The average Bonchev–Trinajstić information content (AvgIpc) is 2.80. The van der Waals surface area contributed by atoms with E-state index in [0.29, 0.717) is 12.8 Å². The summed E-state index contributed by atoms with van der Waals surface area (Å²) in [6.07, 6.45) is -6.30. The molecule has 0 radical (unpaired) electrons. The van der Waals surface area contributed by atoms with Crippen molar-refractivity contribution in [3.8, 4) is 0 Å². The predicted molar refractivity (Wildman–Crippen MR) is 134 cm³/mol. The van der Waals surface area contributed by atoms with Crippen LogP contribution in [0, 0.1) is 39.5 Å². The van der Waals surface area contributed by atoms with Crippen molar-refractivity contribution in [3.05, 3.63) is 69.8 Å². The van der Waals surface area contributed by atoms with Crippen LogP contribution in [0.2, 0.25) is 0 Å². The van der Waals surface area contributed by atoms with Gasteiger partial charge in [0.05, 0.1) is 12.7 Å². The van der Waals surface area contributed by atoms with Gasteiger partial charge in [-0.05, 0) is 92.2 Å². The van der Waals surface area contributed by atoms with Crippen molar-refractivity contribution in [2.45, 2.75) is 84.4 Å². The molecule has 0 spiro atoms. The predicted octanol–water partition coefficient (Wildman–Crippen LogP) is 2.14. The van der Waals surface area contributed by atoms with Gasteiger partial charge in [-0.25, -0.2) is 0 Å². The van der Waals surface area contributed by atoms with Gasteiger partial charge in [-0.15, -0.1) is 0 Å². The van der Waals surface area contributed by atoms with Gasteiger partial charge in [0.25, 0.3) is 0 Å². The molecule has 0 aliphatic heterocycles. The molecule has 0 aromatic heterocycles. The van der Waals surface area contributed by atoms with Crippen LogP contribution in [0.15, 0.2) is 36.4 Å². The Morgan fingerprint density at radius 1 is 0.618 bits per heavy atom. The number of hydrogen-bond acceptors (Lipinski definition) is 6. The zero-order valence-electron chi connectivity index (χ0n) is 21.0. The minimum atomic E-state index is -1.80. The third kappa shape index (κ3) is 7.11. The van der Waals surface area contributed by atoms with Crippen LogP contribution in [0.5, 0.6) is 0 Å². The molecule has 190 valence electrons. The molecule has 0 bridgehead atoms. The van der Waals surface area contributed by atoms with E-state index >= 15 is 0 Å². The molecular formula is C28H42O6. The summed E-state index contributed by atoms with van der Waals surface area (Å²) < 4.78 is 0. The monoisotopic (exact) mass is 474 g/mol. The molecule has 6 N–H and O–H groups in total. The molecule has 0 heterocycles. The smallest absolute Gasteiger partial charge is 0.111 e. The quantitative estimate of drug-likeness (QED) is 0.280. The van der Waals surface area contributed by atoms with E-state index in [-0.39, 0.29) is 5.92 Å². The summed E-state index contributed by atoms with van der Waals surface area (Å²) in [7, 11) is 0. The Morgan fingerprint density at radius 3 is 1.47 bits per heavy atom. The van der Waals surface area contributed by atoms with Gasteiger partial charge >= 0.3 is 0 Å². The second-order valence-electron chi connectivity index (χ2n) is 9.96. The van der Waals surface area contributed by atoms with Crippen LogP contribution in [-0.2, 0) is 12.8 Å². The minimum absolute atomic E-state index is 0.182. The zero-order chi connectivity index (χ0) is 25.6. The summed E-state index contributed by atoms with van der Waals surface area (Å²) in [5.41, 5.74) is 6.97. The molecule has 0 saturated heterocycles. The number of aliphatic hydroxyl groups is 6. The van der Waals surface area contributed by atoms with Crippen molar-refractivity contribution in [1.82, 2.24) is 0 Å². The highest BCUT2D eigenvalue weighted by Crippen LogP contribution is 2.30. The van der Waals surface area contributed by atoms with E-state index in [9.17, 15) is 25.5 Å². The van der Waals surface area contributed by atoms with E-state index < -0.39 is 43.0 Å². The van der Waals surface area contributed by atoms with E-state index in [1.807, 2.05) is 38.1 Å². The summed E-state index contributed by atoms with van der Waals surface area (Å²) in [6, 6.07) is 12.2. The van der Waals surface area contributed by atoms with Crippen molar-refractivity contribution in [3.63, 3.8) is 0 Å². The Labute approximate surface area is 203 Å². The molecule has 0 aliphatic carbocycles. The second kappa shape index (κ2) is 12.8. The normalized spacial score (nSPS) is 18.1. The summed E-state index contributed by atoms with van der Waals surface area (Å²) in [4.78, 5) is 0. The molecular weight excluding hydrogens is 432 g/mol. The van der Waals surface area contributed by atoms with Gasteiger partial charge in [0, 0.05) is 0 Å². The van der Waals surface area contributed by atoms with Crippen LogP contribution in [0.25, 0.3) is 0 Å². The maximum absolute atomic E-state index is 11.2. The van der Waals surface area contributed by atoms with E-state index in [1.54, 1.807) is 0 Å². The lowest BCUT2D eigenvalue weighted by molar-refractivity contribution is -0.149. The minimum Gasteiger partial charge on any atom is -0.394 e. The van der Waals surface area contributed by atoms with Gasteiger partial charge in [-0.2, -0.15) is 0 Å². The van der Waals surface area contributed by atoms with Gasteiger partial charge in [-0.1, -0.05) is 43.3 Å². The van der Waals surface area contributed by atoms with Crippen LogP contribution in [0.3, 0.4) is 0 Å².